The molecule has 2 aromatic rings. The molecule has 0 bridgehead atoms. The highest BCUT2D eigenvalue weighted by molar-refractivity contribution is 5.65. The lowest BCUT2D eigenvalue weighted by molar-refractivity contribution is -0.139. The van der Waals surface area contributed by atoms with Crippen molar-refractivity contribution in [2.45, 2.75) is 63.5 Å². The Hall–Kier alpha value is -2.17. The van der Waals surface area contributed by atoms with Crippen molar-refractivity contribution in [1.82, 2.24) is 0 Å². The zero-order valence-electron chi connectivity index (χ0n) is 18.1. The van der Waals surface area contributed by atoms with Crippen LogP contribution >= 0.6 is 0 Å². The Morgan fingerprint density at radius 1 is 0.875 bits per heavy atom. The SMILES string of the molecule is C=CCCC1CCC2CC(c3ccc(-c4ccc(C(F)(F)F)c(F)c4)c(F)c3)CCC2C1. The van der Waals surface area contributed by atoms with Gasteiger partial charge in [0.15, 0.2) is 0 Å². The van der Waals surface area contributed by atoms with E-state index in [1.165, 1.54) is 31.7 Å². The predicted molar refractivity (Wildman–Crippen MR) is 117 cm³/mol. The second kappa shape index (κ2) is 9.36. The van der Waals surface area contributed by atoms with Crippen molar-refractivity contribution in [2.75, 3.05) is 0 Å². The normalized spacial score (nSPS) is 25.9. The largest absolute Gasteiger partial charge is 0.419 e. The van der Waals surface area contributed by atoms with Crippen molar-refractivity contribution < 1.29 is 22.0 Å². The second-order valence-electron chi connectivity index (χ2n) is 9.51. The molecule has 4 rings (SSSR count). The van der Waals surface area contributed by atoms with E-state index in [4.69, 9.17) is 0 Å². The number of hydrogen-bond donors (Lipinski definition) is 0. The summed E-state index contributed by atoms with van der Waals surface area (Å²) in [4.78, 5) is 0. The highest BCUT2D eigenvalue weighted by atomic mass is 19.4. The van der Waals surface area contributed by atoms with Gasteiger partial charge in [-0.1, -0.05) is 30.7 Å². The number of fused-ring (bicyclic) bond motifs is 1. The molecule has 2 fully saturated rings. The van der Waals surface area contributed by atoms with Gasteiger partial charge in [-0.3, -0.25) is 0 Å². The van der Waals surface area contributed by atoms with Crippen LogP contribution in [-0.4, -0.2) is 0 Å². The summed E-state index contributed by atoms with van der Waals surface area (Å²) >= 11 is 0. The lowest BCUT2D eigenvalue weighted by atomic mass is 9.63. The number of benzene rings is 2. The quantitative estimate of drug-likeness (QED) is 0.316. The fourth-order valence-corrected chi connectivity index (χ4v) is 5.84. The monoisotopic (exact) mass is 448 g/mol. The Balaban J connectivity index is 1.45. The van der Waals surface area contributed by atoms with E-state index in [0.717, 1.165) is 55.2 Å². The fourth-order valence-electron chi connectivity index (χ4n) is 5.84. The number of hydrogen-bond acceptors (Lipinski definition) is 0. The van der Waals surface area contributed by atoms with Crippen LogP contribution in [0.15, 0.2) is 49.1 Å². The number of allylic oxidation sites excluding steroid dienone is 1. The van der Waals surface area contributed by atoms with Crippen molar-refractivity contribution in [3.8, 4) is 11.1 Å². The van der Waals surface area contributed by atoms with Crippen LogP contribution in [-0.2, 0) is 6.18 Å². The van der Waals surface area contributed by atoms with E-state index < -0.39 is 23.4 Å². The predicted octanol–water partition coefficient (Wildman–Crippen LogP) is 8.92. The molecule has 0 aromatic heterocycles. The Morgan fingerprint density at radius 3 is 2.31 bits per heavy atom. The Kier molecular flexibility index (Phi) is 6.73. The third kappa shape index (κ3) is 4.92. The number of alkyl halides is 3. The first-order chi connectivity index (χ1) is 15.3. The maximum absolute atomic E-state index is 14.9. The molecule has 4 atom stereocenters. The summed E-state index contributed by atoms with van der Waals surface area (Å²) in [6.45, 7) is 3.83. The van der Waals surface area contributed by atoms with Gasteiger partial charge >= 0.3 is 6.18 Å². The third-order valence-corrected chi connectivity index (χ3v) is 7.55. The van der Waals surface area contributed by atoms with E-state index in [1.807, 2.05) is 12.1 Å². The first kappa shape index (κ1) is 23.0. The maximum atomic E-state index is 14.9. The van der Waals surface area contributed by atoms with Crippen LogP contribution in [0.25, 0.3) is 11.1 Å². The molecule has 0 aliphatic heterocycles. The summed E-state index contributed by atoms with van der Waals surface area (Å²) in [6, 6.07) is 7.48. The first-order valence-electron chi connectivity index (χ1n) is 11.5. The molecule has 0 N–H and O–H groups in total. The van der Waals surface area contributed by atoms with Gasteiger partial charge in [0.2, 0.25) is 0 Å². The summed E-state index contributed by atoms with van der Waals surface area (Å²) in [6.07, 6.45) is 6.57. The highest BCUT2D eigenvalue weighted by Crippen LogP contribution is 2.48. The smallest absolute Gasteiger partial charge is 0.206 e. The second-order valence-corrected chi connectivity index (χ2v) is 9.51. The van der Waals surface area contributed by atoms with Gasteiger partial charge in [-0.2, -0.15) is 13.2 Å². The molecule has 2 aliphatic carbocycles. The molecule has 172 valence electrons. The highest BCUT2D eigenvalue weighted by Gasteiger charge is 2.36. The third-order valence-electron chi connectivity index (χ3n) is 7.55. The Morgan fingerprint density at radius 2 is 1.62 bits per heavy atom. The molecule has 0 nitrogen and oxygen atoms in total. The topological polar surface area (TPSA) is 0 Å². The van der Waals surface area contributed by atoms with Crippen molar-refractivity contribution in [1.29, 1.82) is 0 Å². The van der Waals surface area contributed by atoms with Crippen LogP contribution in [0, 0.1) is 29.4 Å². The molecule has 0 spiro atoms. The minimum atomic E-state index is -4.77. The van der Waals surface area contributed by atoms with E-state index >= 15 is 0 Å². The van der Waals surface area contributed by atoms with Gasteiger partial charge in [0.05, 0.1) is 5.56 Å². The van der Waals surface area contributed by atoms with Gasteiger partial charge < -0.3 is 0 Å². The molecule has 2 aromatic carbocycles. The van der Waals surface area contributed by atoms with Gasteiger partial charge in [-0.25, -0.2) is 8.78 Å². The molecule has 4 unspecified atom stereocenters. The van der Waals surface area contributed by atoms with Gasteiger partial charge in [-0.05, 0) is 97.9 Å². The van der Waals surface area contributed by atoms with Crippen molar-refractivity contribution in [2.24, 2.45) is 17.8 Å². The van der Waals surface area contributed by atoms with Gasteiger partial charge in [0, 0.05) is 5.56 Å². The minimum absolute atomic E-state index is 0.112. The first-order valence-corrected chi connectivity index (χ1v) is 11.5. The number of rotatable bonds is 5. The van der Waals surface area contributed by atoms with Crippen LogP contribution in [0.4, 0.5) is 22.0 Å². The minimum Gasteiger partial charge on any atom is -0.206 e. The molecule has 0 saturated heterocycles. The summed E-state index contributed by atoms with van der Waals surface area (Å²) in [5, 5.41) is 0. The van der Waals surface area contributed by atoms with Crippen LogP contribution < -0.4 is 0 Å². The lowest BCUT2D eigenvalue weighted by Gasteiger charge is -2.42. The summed E-state index contributed by atoms with van der Waals surface area (Å²) in [5.41, 5.74) is -0.168. The average Bonchev–Trinajstić information content (AvgIpc) is 2.76. The molecule has 0 heterocycles. The fraction of sp³-hybridized carbons (Fsp3) is 0.481. The maximum Gasteiger partial charge on any atom is 0.419 e. The molecular weight excluding hydrogens is 419 g/mol. The van der Waals surface area contributed by atoms with Crippen LogP contribution in [0.3, 0.4) is 0 Å². The molecule has 2 saturated carbocycles. The van der Waals surface area contributed by atoms with Gasteiger partial charge in [0.1, 0.15) is 11.6 Å². The summed E-state index contributed by atoms with van der Waals surface area (Å²) in [5.74, 6) is 0.632. The molecule has 2 aliphatic rings. The van der Waals surface area contributed by atoms with E-state index in [0.29, 0.717) is 17.9 Å². The Labute approximate surface area is 186 Å². The zero-order valence-corrected chi connectivity index (χ0v) is 18.1. The van der Waals surface area contributed by atoms with E-state index in [9.17, 15) is 22.0 Å². The zero-order chi connectivity index (χ0) is 22.9. The van der Waals surface area contributed by atoms with Crippen LogP contribution in [0.2, 0.25) is 0 Å². The lowest BCUT2D eigenvalue weighted by Crippen LogP contribution is -2.30. The molecular formula is C27H29F5. The molecule has 0 radical (unpaired) electrons. The van der Waals surface area contributed by atoms with E-state index in [2.05, 4.69) is 6.58 Å². The van der Waals surface area contributed by atoms with Crippen molar-refractivity contribution >= 4 is 0 Å². The number of halogens is 5. The summed E-state index contributed by atoms with van der Waals surface area (Å²) in [7, 11) is 0. The van der Waals surface area contributed by atoms with Crippen LogP contribution in [0.1, 0.15) is 68.4 Å². The molecule has 32 heavy (non-hydrogen) atoms. The van der Waals surface area contributed by atoms with Gasteiger partial charge in [-0.15, -0.1) is 6.58 Å². The average molecular weight is 449 g/mol. The van der Waals surface area contributed by atoms with E-state index in [-0.39, 0.29) is 11.1 Å². The molecule has 0 amide bonds. The summed E-state index contributed by atoms with van der Waals surface area (Å²) < 4.78 is 67.2. The molecule has 5 heteroatoms. The van der Waals surface area contributed by atoms with Crippen molar-refractivity contribution in [3.05, 3.63) is 71.8 Å². The standard InChI is InChI=1S/C27H29F5/c1-2-3-4-17-5-6-19-14-20(8-7-18(19)13-17)21-9-11-23(25(28)15-21)22-10-12-24(26(29)16-22)27(30,31)32/h2,9-12,15-20H,1,3-8,13-14H2. The van der Waals surface area contributed by atoms with E-state index in [1.54, 1.807) is 6.07 Å². The van der Waals surface area contributed by atoms with Crippen LogP contribution in [0.5, 0.6) is 0 Å². The van der Waals surface area contributed by atoms with Crippen molar-refractivity contribution in [3.63, 3.8) is 0 Å². The van der Waals surface area contributed by atoms with Gasteiger partial charge in [0.25, 0.3) is 0 Å². The Bertz CT molecular complexity index is 961.